The van der Waals surface area contributed by atoms with Gasteiger partial charge in [-0.25, -0.2) is 0 Å². The summed E-state index contributed by atoms with van der Waals surface area (Å²) in [6.07, 6.45) is 2.14. The minimum Gasteiger partial charge on any atom is -0.352 e. The highest BCUT2D eigenvalue weighted by atomic mass is 35.5. The van der Waals surface area contributed by atoms with E-state index >= 15 is 0 Å². The van der Waals surface area contributed by atoms with E-state index in [1.54, 1.807) is 42.5 Å². The number of hydrogen-bond acceptors (Lipinski definition) is 2. The summed E-state index contributed by atoms with van der Waals surface area (Å²) in [6.45, 7) is 2.69. The number of para-hydroxylation sites is 1. The van der Waals surface area contributed by atoms with Crippen LogP contribution in [0.2, 0.25) is 5.02 Å². The van der Waals surface area contributed by atoms with Gasteiger partial charge in [0.1, 0.15) is 0 Å². The Balaban J connectivity index is 2.03. The maximum atomic E-state index is 12.2. The highest BCUT2D eigenvalue weighted by molar-refractivity contribution is 6.30. The summed E-state index contributed by atoms with van der Waals surface area (Å²) < 4.78 is 0. The summed E-state index contributed by atoms with van der Waals surface area (Å²) in [5, 5.41) is 6.26. The zero-order valence-electron chi connectivity index (χ0n) is 13.6. The third-order valence-electron chi connectivity index (χ3n) is 3.52. The molecule has 0 aromatic heterocycles. The molecule has 126 valence electrons. The van der Waals surface area contributed by atoms with Crippen molar-refractivity contribution in [2.75, 3.05) is 11.9 Å². The Morgan fingerprint density at radius 3 is 2.62 bits per heavy atom. The number of benzene rings is 2. The summed E-state index contributed by atoms with van der Waals surface area (Å²) in [5.41, 5.74) is 1.80. The lowest BCUT2D eigenvalue weighted by Gasteiger charge is -2.11. The topological polar surface area (TPSA) is 58.2 Å². The van der Waals surface area contributed by atoms with Gasteiger partial charge in [0.05, 0.1) is 17.7 Å². The molecule has 0 aliphatic carbocycles. The maximum absolute atomic E-state index is 12.2. The van der Waals surface area contributed by atoms with Crippen LogP contribution in [0, 0.1) is 0 Å². The quantitative estimate of drug-likeness (QED) is 0.744. The summed E-state index contributed by atoms with van der Waals surface area (Å²) in [7, 11) is 0. The number of rotatable bonds is 7. The normalized spacial score (nSPS) is 10.2. The molecule has 0 fully saturated rings. The second-order valence-electron chi connectivity index (χ2n) is 5.51. The highest BCUT2D eigenvalue weighted by Gasteiger charge is 2.13. The van der Waals surface area contributed by atoms with E-state index in [1.807, 2.05) is 6.07 Å². The zero-order chi connectivity index (χ0) is 17.4. The summed E-state index contributed by atoms with van der Waals surface area (Å²) in [6, 6.07) is 14.2. The predicted octanol–water partition coefficient (Wildman–Crippen LogP) is 4.05. The largest absolute Gasteiger partial charge is 0.352 e. The lowest BCUT2D eigenvalue weighted by atomic mass is 10.1. The molecule has 5 heteroatoms. The molecule has 0 unspecified atom stereocenters. The van der Waals surface area contributed by atoms with Crippen LogP contribution in [0.15, 0.2) is 48.5 Å². The Kier molecular flexibility index (Phi) is 6.82. The molecule has 2 N–H and O–H groups in total. The monoisotopic (exact) mass is 344 g/mol. The van der Waals surface area contributed by atoms with Crippen LogP contribution in [-0.4, -0.2) is 18.4 Å². The first-order valence-electron chi connectivity index (χ1n) is 8.01. The van der Waals surface area contributed by atoms with Gasteiger partial charge in [-0.1, -0.05) is 49.2 Å². The van der Waals surface area contributed by atoms with Gasteiger partial charge < -0.3 is 10.6 Å². The van der Waals surface area contributed by atoms with E-state index in [2.05, 4.69) is 17.6 Å². The van der Waals surface area contributed by atoms with Crippen molar-refractivity contribution in [2.24, 2.45) is 0 Å². The van der Waals surface area contributed by atoms with E-state index in [9.17, 15) is 9.59 Å². The van der Waals surface area contributed by atoms with Gasteiger partial charge in [0.15, 0.2) is 0 Å². The van der Waals surface area contributed by atoms with E-state index in [1.165, 1.54) is 0 Å². The van der Waals surface area contributed by atoms with Crippen molar-refractivity contribution in [1.82, 2.24) is 5.32 Å². The second kappa shape index (κ2) is 9.08. The average Bonchev–Trinajstić information content (AvgIpc) is 2.55. The molecule has 0 bridgehead atoms. The third-order valence-corrected chi connectivity index (χ3v) is 3.75. The Morgan fingerprint density at radius 1 is 1.08 bits per heavy atom. The fourth-order valence-electron chi connectivity index (χ4n) is 2.29. The van der Waals surface area contributed by atoms with Crippen molar-refractivity contribution in [3.05, 3.63) is 64.7 Å². The average molecular weight is 345 g/mol. The number of halogens is 1. The minimum absolute atomic E-state index is 0.179. The lowest BCUT2D eigenvalue weighted by molar-refractivity contribution is -0.115. The molecule has 0 aliphatic rings. The van der Waals surface area contributed by atoms with Crippen molar-refractivity contribution in [2.45, 2.75) is 26.2 Å². The van der Waals surface area contributed by atoms with Crippen LogP contribution in [-0.2, 0) is 11.2 Å². The number of carbonyl (C=O) groups excluding carboxylic acids is 2. The smallest absolute Gasteiger partial charge is 0.253 e. The minimum atomic E-state index is -0.189. The fourth-order valence-corrected chi connectivity index (χ4v) is 2.50. The first-order chi connectivity index (χ1) is 11.6. The molecule has 2 aromatic carbocycles. The molecule has 0 spiro atoms. The van der Waals surface area contributed by atoms with Crippen LogP contribution in [0.5, 0.6) is 0 Å². The highest BCUT2D eigenvalue weighted by Crippen LogP contribution is 2.16. The van der Waals surface area contributed by atoms with Crippen molar-refractivity contribution < 1.29 is 9.59 Å². The van der Waals surface area contributed by atoms with Gasteiger partial charge in [-0.05, 0) is 36.2 Å². The van der Waals surface area contributed by atoms with Gasteiger partial charge in [-0.2, -0.15) is 0 Å². The number of unbranched alkanes of at least 4 members (excludes halogenated alkanes) is 1. The number of amides is 2. The van der Waals surface area contributed by atoms with Crippen molar-refractivity contribution in [3.8, 4) is 0 Å². The van der Waals surface area contributed by atoms with Crippen LogP contribution in [0.3, 0.4) is 0 Å². The van der Waals surface area contributed by atoms with Gasteiger partial charge in [0, 0.05) is 11.6 Å². The fraction of sp³-hybridized carbons (Fsp3) is 0.263. The molecule has 0 aliphatic heterocycles. The summed E-state index contributed by atoms with van der Waals surface area (Å²) in [4.78, 5) is 24.5. The van der Waals surface area contributed by atoms with Crippen molar-refractivity contribution in [3.63, 3.8) is 0 Å². The van der Waals surface area contributed by atoms with Gasteiger partial charge >= 0.3 is 0 Å². The van der Waals surface area contributed by atoms with Gasteiger partial charge in [0.2, 0.25) is 5.91 Å². The number of nitrogens with one attached hydrogen (secondary N) is 2. The zero-order valence-corrected chi connectivity index (χ0v) is 14.4. The van der Waals surface area contributed by atoms with Gasteiger partial charge in [-0.15, -0.1) is 0 Å². The van der Waals surface area contributed by atoms with Crippen LogP contribution < -0.4 is 10.6 Å². The Hall–Kier alpha value is -2.33. The molecule has 2 amide bonds. The first kappa shape index (κ1) is 18.0. The van der Waals surface area contributed by atoms with E-state index in [4.69, 9.17) is 11.6 Å². The second-order valence-corrected chi connectivity index (χ2v) is 5.95. The predicted molar refractivity (Wildman–Crippen MR) is 97.5 cm³/mol. The molecular weight excluding hydrogens is 324 g/mol. The van der Waals surface area contributed by atoms with Gasteiger partial charge in [-0.3, -0.25) is 9.59 Å². The third kappa shape index (κ3) is 5.39. The standard InChI is InChI=1S/C19H21ClN2O2/c1-2-3-11-21-19(24)16-9-4-5-10-17(16)22-18(23)13-14-7-6-8-15(20)12-14/h4-10,12H,2-3,11,13H2,1H3,(H,21,24)(H,22,23). The van der Waals surface area contributed by atoms with Crippen molar-refractivity contribution >= 4 is 29.1 Å². The summed E-state index contributed by atoms with van der Waals surface area (Å²) >= 11 is 5.93. The summed E-state index contributed by atoms with van der Waals surface area (Å²) in [5.74, 6) is -0.367. The van der Waals surface area contributed by atoms with E-state index in [0.717, 1.165) is 18.4 Å². The Labute approximate surface area is 147 Å². The molecular formula is C19H21ClN2O2. The first-order valence-corrected chi connectivity index (χ1v) is 8.39. The van der Waals surface area contributed by atoms with E-state index in [0.29, 0.717) is 22.8 Å². The molecule has 24 heavy (non-hydrogen) atoms. The molecule has 0 heterocycles. The molecule has 2 aromatic rings. The van der Waals surface area contributed by atoms with Gasteiger partial charge in [0.25, 0.3) is 5.91 Å². The van der Waals surface area contributed by atoms with Crippen molar-refractivity contribution in [1.29, 1.82) is 0 Å². The van der Waals surface area contributed by atoms with E-state index in [-0.39, 0.29) is 18.2 Å². The number of anilines is 1. The van der Waals surface area contributed by atoms with E-state index < -0.39 is 0 Å². The lowest BCUT2D eigenvalue weighted by Crippen LogP contribution is -2.26. The van der Waals surface area contributed by atoms with Crippen LogP contribution >= 0.6 is 11.6 Å². The SMILES string of the molecule is CCCCNC(=O)c1ccccc1NC(=O)Cc1cccc(Cl)c1. The van der Waals surface area contributed by atoms with Crippen LogP contribution in [0.4, 0.5) is 5.69 Å². The maximum Gasteiger partial charge on any atom is 0.253 e. The molecule has 0 atom stereocenters. The number of carbonyl (C=O) groups is 2. The molecule has 0 saturated heterocycles. The Bertz CT molecular complexity index is 716. The molecule has 4 nitrogen and oxygen atoms in total. The molecule has 2 rings (SSSR count). The molecule has 0 saturated carbocycles. The van der Waals surface area contributed by atoms with Crippen LogP contribution in [0.1, 0.15) is 35.7 Å². The number of hydrogen-bond donors (Lipinski definition) is 2. The molecule has 0 radical (unpaired) electrons. The van der Waals surface area contributed by atoms with Crippen LogP contribution in [0.25, 0.3) is 0 Å². The Morgan fingerprint density at radius 2 is 1.88 bits per heavy atom.